The van der Waals surface area contributed by atoms with Gasteiger partial charge in [0, 0.05) is 12.0 Å². The van der Waals surface area contributed by atoms with Gasteiger partial charge in [-0.25, -0.2) is 14.4 Å². The van der Waals surface area contributed by atoms with Crippen LogP contribution in [0.25, 0.3) is 0 Å². The molecule has 38 heavy (non-hydrogen) atoms. The molecular weight excluding hydrogens is 486 g/mol. The Labute approximate surface area is 226 Å². The second-order valence-electron chi connectivity index (χ2n) is 11.3. The van der Waals surface area contributed by atoms with Crippen LogP contribution in [-0.2, 0) is 19.0 Å². The summed E-state index contributed by atoms with van der Waals surface area (Å²) in [5, 5.41) is 2.71. The van der Waals surface area contributed by atoms with Crippen LogP contribution in [0.5, 0.6) is 0 Å². The number of amides is 1. The molecule has 0 heterocycles. The Hall–Kier alpha value is -3.68. The number of alkyl carbamates (subject to hydrolysis) is 1. The lowest BCUT2D eigenvalue weighted by Gasteiger charge is -2.25. The highest BCUT2D eigenvalue weighted by Crippen LogP contribution is 2.21. The molecule has 2 rings (SSSR count). The zero-order valence-electron chi connectivity index (χ0n) is 23.5. The second kappa shape index (κ2) is 14.9. The smallest absolute Gasteiger partial charge is 0.407 e. The van der Waals surface area contributed by atoms with Crippen molar-refractivity contribution in [3.8, 4) is 0 Å². The quantitative estimate of drug-likeness (QED) is 0.234. The Kier molecular flexibility index (Phi) is 12.7. The normalized spacial score (nSPS) is 11.3. The van der Waals surface area contributed by atoms with E-state index in [1.165, 1.54) is 0 Å². The van der Waals surface area contributed by atoms with Gasteiger partial charge in [-0.1, -0.05) is 50.2 Å². The monoisotopic (exact) mass is 527 g/mol. The molecule has 8 heteroatoms. The minimum Gasteiger partial charge on any atom is -0.462 e. The Balaban J connectivity index is 0.000000415. The Bertz CT molecular complexity index is 1030. The predicted octanol–water partition coefficient (Wildman–Crippen LogP) is 5.85. The van der Waals surface area contributed by atoms with Crippen molar-refractivity contribution < 1.29 is 33.4 Å². The van der Waals surface area contributed by atoms with Gasteiger partial charge < -0.3 is 24.3 Å². The van der Waals surface area contributed by atoms with E-state index in [2.05, 4.69) is 5.32 Å². The summed E-state index contributed by atoms with van der Waals surface area (Å²) in [6.45, 7) is 13.7. The van der Waals surface area contributed by atoms with Crippen molar-refractivity contribution >= 4 is 24.3 Å². The molecule has 1 amide bonds. The number of nitrogens with one attached hydrogen (secondary N) is 1. The molecule has 0 radical (unpaired) electrons. The fourth-order valence-electron chi connectivity index (χ4n) is 2.75. The summed E-state index contributed by atoms with van der Waals surface area (Å²) in [5.74, 6) is -0.732. The summed E-state index contributed by atoms with van der Waals surface area (Å²) < 4.78 is 15.5. The van der Waals surface area contributed by atoms with Gasteiger partial charge in [0.2, 0.25) is 0 Å². The first-order chi connectivity index (χ1) is 17.6. The first kappa shape index (κ1) is 32.3. The molecule has 0 aliphatic carbocycles. The van der Waals surface area contributed by atoms with E-state index >= 15 is 0 Å². The molecule has 2 aromatic carbocycles. The number of aldehydes is 1. The van der Waals surface area contributed by atoms with Crippen LogP contribution in [0.4, 0.5) is 4.79 Å². The topological polar surface area (TPSA) is 108 Å². The highest BCUT2D eigenvalue weighted by atomic mass is 16.6. The minimum atomic E-state index is -0.621. The SMILES string of the molecule is CC(C)(C=O)COC(=O)c1ccccc1.CC(C)(CCNC(=O)OC(C)(C)C)COC(=O)c1ccccc1. The van der Waals surface area contributed by atoms with Crippen molar-refractivity contribution in [3.63, 3.8) is 0 Å². The molecule has 0 atom stereocenters. The van der Waals surface area contributed by atoms with Crippen molar-refractivity contribution in [1.29, 1.82) is 0 Å². The van der Waals surface area contributed by atoms with E-state index in [4.69, 9.17) is 14.2 Å². The van der Waals surface area contributed by atoms with Crippen molar-refractivity contribution in [1.82, 2.24) is 5.32 Å². The lowest BCUT2D eigenvalue weighted by Crippen LogP contribution is -2.35. The molecule has 208 valence electrons. The molecule has 0 bridgehead atoms. The number of rotatable bonds is 10. The van der Waals surface area contributed by atoms with Crippen molar-refractivity contribution in [3.05, 3.63) is 71.8 Å². The fourth-order valence-corrected chi connectivity index (χ4v) is 2.75. The van der Waals surface area contributed by atoms with Crippen LogP contribution in [0.2, 0.25) is 0 Å². The minimum absolute atomic E-state index is 0.101. The third-order valence-electron chi connectivity index (χ3n) is 4.98. The summed E-state index contributed by atoms with van der Waals surface area (Å²) in [4.78, 5) is 45.5. The van der Waals surface area contributed by atoms with Gasteiger partial charge >= 0.3 is 18.0 Å². The highest BCUT2D eigenvalue weighted by molar-refractivity contribution is 5.89. The van der Waals surface area contributed by atoms with E-state index < -0.39 is 23.1 Å². The molecule has 0 unspecified atom stereocenters. The molecule has 0 aromatic heterocycles. The van der Waals surface area contributed by atoms with Crippen LogP contribution < -0.4 is 5.32 Å². The maximum absolute atomic E-state index is 11.9. The van der Waals surface area contributed by atoms with Gasteiger partial charge in [0.1, 0.15) is 18.5 Å². The number of benzene rings is 2. The number of hydrogen-bond acceptors (Lipinski definition) is 7. The Morgan fingerprint density at radius 2 is 1.18 bits per heavy atom. The summed E-state index contributed by atoms with van der Waals surface area (Å²) in [5.41, 5.74) is -0.330. The molecular formula is C30H41NO7. The van der Waals surface area contributed by atoms with Gasteiger partial charge in [-0.2, -0.15) is 0 Å². The molecule has 0 aliphatic rings. The maximum atomic E-state index is 11.9. The van der Waals surface area contributed by atoms with Gasteiger partial charge in [0.25, 0.3) is 0 Å². The Morgan fingerprint density at radius 3 is 1.61 bits per heavy atom. The summed E-state index contributed by atoms with van der Waals surface area (Å²) in [6.07, 6.45) is 1.02. The first-order valence-corrected chi connectivity index (χ1v) is 12.5. The molecule has 0 spiro atoms. The third kappa shape index (κ3) is 14.2. The van der Waals surface area contributed by atoms with E-state index in [0.717, 1.165) is 6.29 Å². The molecule has 8 nitrogen and oxygen atoms in total. The zero-order valence-corrected chi connectivity index (χ0v) is 23.5. The van der Waals surface area contributed by atoms with E-state index in [1.54, 1.807) is 62.4 Å². The first-order valence-electron chi connectivity index (χ1n) is 12.5. The van der Waals surface area contributed by atoms with Gasteiger partial charge in [-0.3, -0.25) is 0 Å². The van der Waals surface area contributed by atoms with Crippen LogP contribution >= 0.6 is 0 Å². The summed E-state index contributed by atoms with van der Waals surface area (Å²) in [6, 6.07) is 17.6. The molecule has 1 N–H and O–H groups in total. The van der Waals surface area contributed by atoms with Crippen molar-refractivity contribution in [2.75, 3.05) is 19.8 Å². The van der Waals surface area contributed by atoms with E-state index in [9.17, 15) is 19.2 Å². The number of esters is 2. The maximum Gasteiger partial charge on any atom is 0.407 e. The summed E-state index contributed by atoms with van der Waals surface area (Å²) >= 11 is 0. The van der Waals surface area contributed by atoms with Crippen molar-refractivity contribution in [2.24, 2.45) is 10.8 Å². The molecule has 0 saturated heterocycles. The third-order valence-corrected chi connectivity index (χ3v) is 4.98. The lowest BCUT2D eigenvalue weighted by molar-refractivity contribution is -0.116. The van der Waals surface area contributed by atoms with Crippen LogP contribution in [0, 0.1) is 10.8 Å². The second-order valence-corrected chi connectivity index (χ2v) is 11.3. The largest absolute Gasteiger partial charge is 0.462 e. The van der Waals surface area contributed by atoms with Crippen molar-refractivity contribution in [2.45, 2.75) is 60.5 Å². The van der Waals surface area contributed by atoms with Gasteiger partial charge in [0.05, 0.1) is 23.1 Å². The molecule has 0 fully saturated rings. The molecule has 0 aliphatic heterocycles. The lowest BCUT2D eigenvalue weighted by atomic mass is 9.90. The van der Waals surface area contributed by atoms with Crippen LogP contribution in [0.1, 0.15) is 75.6 Å². The van der Waals surface area contributed by atoms with Crippen LogP contribution in [-0.4, -0.2) is 49.7 Å². The standard InChI is InChI=1S/C18H27NO4.C12H14O3/c1-17(2,3)23-16(21)19-12-11-18(4,5)13-22-15(20)14-9-7-6-8-10-14;1-12(2,8-13)9-15-11(14)10-6-4-3-5-7-10/h6-10H,11-13H2,1-5H3,(H,19,21);3-8H,9H2,1-2H3. The van der Waals surface area contributed by atoms with E-state index in [1.807, 2.05) is 46.8 Å². The number of ether oxygens (including phenoxy) is 3. The average molecular weight is 528 g/mol. The Morgan fingerprint density at radius 1 is 0.737 bits per heavy atom. The molecule has 0 saturated carbocycles. The number of carbonyl (C=O) groups is 4. The predicted molar refractivity (Wildman–Crippen MR) is 146 cm³/mol. The average Bonchev–Trinajstić information content (AvgIpc) is 2.86. The van der Waals surface area contributed by atoms with Gasteiger partial charge in [0.15, 0.2) is 0 Å². The summed E-state index contributed by atoms with van der Waals surface area (Å²) in [7, 11) is 0. The number of hydrogen-bond donors (Lipinski definition) is 1. The number of carbonyl (C=O) groups excluding carboxylic acids is 4. The van der Waals surface area contributed by atoms with Gasteiger partial charge in [-0.05, 0) is 65.3 Å². The highest BCUT2D eigenvalue weighted by Gasteiger charge is 2.22. The van der Waals surface area contributed by atoms with Gasteiger partial charge in [-0.15, -0.1) is 0 Å². The van der Waals surface area contributed by atoms with E-state index in [-0.39, 0.29) is 24.6 Å². The van der Waals surface area contributed by atoms with Crippen LogP contribution in [0.15, 0.2) is 60.7 Å². The van der Waals surface area contributed by atoms with Crippen LogP contribution in [0.3, 0.4) is 0 Å². The molecule has 2 aromatic rings. The fraction of sp³-hybridized carbons (Fsp3) is 0.467. The van der Waals surface area contributed by atoms with E-state index in [0.29, 0.717) is 24.1 Å². The zero-order chi connectivity index (χ0) is 28.8.